The molecule has 25 heavy (non-hydrogen) atoms. The molecule has 8 nitrogen and oxygen atoms in total. The Morgan fingerprint density at radius 2 is 2.16 bits per heavy atom. The molecule has 8 heteroatoms. The molecule has 1 aliphatic heterocycles. The Morgan fingerprint density at radius 1 is 1.40 bits per heavy atom. The number of benzene rings is 1. The van der Waals surface area contributed by atoms with Crippen LogP contribution < -0.4 is 5.43 Å². The SMILES string of the molecule is Cc1c(NN2C=NCC2)ccc2c1nc(CO)n2C(=O)OC(C)(C)C. The van der Waals surface area contributed by atoms with Gasteiger partial charge in [0.25, 0.3) is 0 Å². The number of hydrazine groups is 1. The lowest BCUT2D eigenvalue weighted by Crippen LogP contribution is -2.28. The normalized spacial score (nSPS) is 14.4. The summed E-state index contributed by atoms with van der Waals surface area (Å²) >= 11 is 0. The highest BCUT2D eigenvalue weighted by atomic mass is 16.6. The summed E-state index contributed by atoms with van der Waals surface area (Å²) in [7, 11) is 0. The van der Waals surface area contributed by atoms with Crippen molar-refractivity contribution >= 4 is 29.2 Å². The highest BCUT2D eigenvalue weighted by Crippen LogP contribution is 2.27. The maximum atomic E-state index is 12.5. The van der Waals surface area contributed by atoms with Gasteiger partial charge in [0.1, 0.15) is 24.4 Å². The molecular weight excluding hydrogens is 322 g/mol. The standard InChI is InChI=1S/C17H23N5O3/c1-11-12(20-21-8-7-18-10-21)5-6-13-15(11)19-14(9-23)22(13)16(24)25-17(2,3)4/h5-6,10,20,23H,7-9H2,1-4H3. The predicted octanol–water partition coefficient (Wildman–Crippen LogP) is 2.29. The third-order valence-corrected chi connectivity index (χ3v) is 3.82. The molecule has 0 amide bonds. The zero-order valence-electron chi connectivity index (χ0n) is 14.9. The lowest BCUT2D eigenvalue weighted by Gasteiger charge is -2.20. The van der Waals surface area contributed by atoms with Crippen molar-refractivity contribution in [3.8, 4) is 0 Å². The van der Waals surface area contributed by atoms with E-state index in [9.17, 15) is 9.90 Å². The van der Waals surface area contributed by atoms with Crippen molar-refractivity contribution < 1.29 is 14.6 Å². The Morgan fingerprint density at radius 3 is 2.76 bits per heavy atom. The van der Waals surface area contributed by atoms with Crippen LogP contribution in [0.4, 0.5) is 10.5 Å². The quantitative estimate of drug-likeness (QED) is 0.887. The van der Waals surface area contributed by atoms with Crippen LogP contribution >= 0.6 is 0 Å². The minimum Gasteiger partial charge on any atom is -0.443 e. The van der Waals surface area contributed by atoms with Crippen LogP contribution in [-0.2, 0) is 11.3 Å². The summed E-state index contributed by atoms with van der Waals surface area (Å²) in [6.45, 7) is 8.52. The summed E-state index contributed by atoms with van der Waals surface area (Å²) in [5, 5.41) is 11.5. The van der Waals surface area contributed by atoms with Gasteiger partial charge in [0, 0.05) is 5.56 Å². The summed E-state index contributed by atoms with van der Waals surface area (Å²) in [5.41, 5.74) is 5.65. The third-order valence-electron chi connectivity index (χ3n) is 3.82. The van der Waals surface area contributed by atoms with Crippen LogP contribution in [0.3, 0.4) is 0 Å². The van der Waals surface area contributed by atoms with Gasteiger partial charge in [0.15, 0.2) is 0 Å². The van der Waals surface area contributed by atoms with Crippen LogP contribution in [0.1, 0.15) is 32.2 Å². The topological polar surface area (TPSA) is 92.0 Å². The number of rotatable bonds is 3. The van der Waals surface area contributed by atoms with Crippen LogP contribution in [0.2, 0.25) is 0 Å². The van der Waals surface area contributed by atoms with Crippen LogP contribution in [-0.4, -0.2) is 50.8 Å². The molecule has 0 unspecified atom stereocenters. The summed E-state index contributed by atoms with van der Waals surface area (Å²) in [6, 6.07) is 3.68. The first-order chi connectivity index (χ1) is 11.8. The molecule has 0 atom stereocenters. The number of aliphatic hydroxyl groups is 1. The maximum absolute atomic E-state index is 12.5. The molecule has 0 radical (unpaired) electrons. The first-order valence-electron chi connectivity index (χ1n) is 8.18. The van der Waals surface area contributed by atoms with E-state index in [4.69, 9.17) is 4.74 Å². The van der Waals surface area contributed by atoms with E-state index in [0.717, 1.165) is 24.3 Å². The number of hydrogen-bond donors (Lipinski definition) is 2. The number of aliphatic hydroxyl groups excluding tert-OH is 1. The number of ether oxygens (including phenoxy) is 1. The second-order valence-corrected chi connectivity index (χ2v) is 6.93. The minimum absolute atomic E-state index is 0.257. The molecule has 1 aromatic heterocycles. The van der Waals surface area contributed by atoms with Crippen molar-refractivity contribution in [1.82, 2.24) is 14.6 Å². The predicted molar refractivity (Wildman–Crippen MR) is 95.7 cm³/mol. The Labute approximate surface area is 146 Å². The largest absolute Gasteiger partial charge is 0.443 e. The molecule has 2 aromatic rings. The lowest BCUT2D eigenvalue weighted by molar-refractivity contribution is 0.0531. The van der Waals surface area contributed by atoms with Gasteiger partial charge < -0.3 is 9.84 Å². The number of carbonyl (C=O) groups excluding carboxylic acids is 1. The van der Waals surface area contributed by atoms with Gasteiger partial charge in [-0.1, -0.05) is 0 Å². The average molecular weight is 345 g/mol. The Balaban J connectivity index is 2.02. The Hall–Kier alpha value is -2.61. The number of aromatic nitrogens is 2. The van der Waals surface area contributed by atoms with Crippen LogP contribution in [0.15, 0.2) is 17.1 Å². The molecule has 0 fully saturated rings. The van der Waals surface area contributed by atoms with E-state index >= 15 is 0 Å². The molecule has 2 heterocycles. The van der Waals surface area contributed by atoms with Gasteiger partial charge in [0.2, 0.25) is 0 Å². The van der Waals surface area contributed by atoms with Gasteiger partial charge >= 0.3 is 6.09 Å². The fraction of sp³-hybridized carbons (Fsp3) is 0.471. The summed E-state index contributed by atoms with van der Waals surface area (Å²) < 4.78 is 6.77. The van der Waals surface area contributed by atoms with Crippen LogP contribution in [0.5, 0.6) is 0 Å². The van der Waals surface area contributed by atoms with Crippen molar-refractivity contribution in [3.05, 3.63) is 23.5 Å². The number of nitrogens with zero attached hydrogens (tertiary/aromatic N) is 4. The number of fused-ring (bicyclic) bond motifs is 1. The van der Waals surface area contributed by atoms with Gasteiger partial charge in [0.05, 0.1) is 29.8 Å². The molecule has 134 valence electrons. The van der Waals surface area contributed by atoms with E-state index in [1.807, 2.05) is 18.0 Å². The number of nitrogens with one attached hydrogen (secondary N) is 1. The summed E-state index contributed by atoms with van der Waals surface area (Å²) in [4.78, 5) is 21.1. The Kier molecular flexibility index (Phi) is 4.38. The Bertz CT molecular complexity index is 835. The fourth-order valence-electron chi connectivity index (χ4n) is 2.68. The van der Waals surface area contributed by atoms with Gasteiger partial charge in [-0.15, -0.1) is 0 Å². The second kappa shape index (κ2) is 6.36. The van der Waals surface area contributed by atoms with E-state index in [2.05, 4.69) is 15.4 Å². The first-order valence-corrected chi connectivity index (χ1v) is 8.18. The zero-order chi connectivity index (χ0) is 18.2. The number of imidazole rings is 1. The van der Waals surface area contributed by atoms with Gasteiger partial charge in [-0.05, 0) is 39.8 Å². The number of hydrogen-bond acceptors (Lipinski definition) is 7. The van der Waals surface area contributed by atoms with Gasteiger partial charge in [-0.3, -0.25) is 15.4 Å². The number of carbonyl (C=O) groups is 1. The molecule has 0 aliphatic carbocycles. The smallest absolute Gasteiger partial charge is 0.420 e. The van der Waals surface area contributed by atoms with Crippen molar-refractivity contribution in [2.24, 2.45) is 4.99 Å². The maximum Gasteiger partial charge on any atom is 0.420 e. The van der Waals surface area contributed by atoms with E-state index in [1.54, 1.807) is 33.2 Å². The third kappa shape index (κ3) is 3.43. The van der Waals surface area contributed by atoms with Crippen molar-refractivity contribution in [3.63, 3.8) is 0 Å². The molecule has 1 aromatic carbocycles. The van der Waals surface area contributed by atoms with E-state index in [1.165, 1.54) is 4.57 Å². The molecular formula is C17H23N5O3. The number of aliphatic imine (C=N–C) groups is 1. The molecule has 3 rings (SSSR count). The second-order valence-electron chi connectivity index (χ2n) is 6.93. The number of anilines is 1. The fourth-order valence-corrected chi connectivity index (χ4v) is 2.68. The van der Waals surface area contributed by atoms with Crippen molar-refractivity contribution in [1.29, 1.82) is 0 Å². The zero-order valence-corrected chi connectivity index (χ0v) is 14.9. The van der Waals surface area contributed by atoms with E-state index < -0.39 is 11.7 Å². The molecule has 0 bridgehead atoms. The minimum atomic E-state index is -0.633. The summed E-state index contributed by atoms with van der Waals surface area (Å²) in [5.74, 6) is 0.257. The lowest BCUT2D eigenvalue weighted by atomic mass is 10.1. The highest BCUT2D eigenvalue weighted by molar-refractivity contribution is 5.92. The van der Waals surface area contributed by atoms with Gasteiger partial charge in [-0.2, -0.15) is 0 Å². The molecule has 0 spiro atoms. The molecule has 0 saturated heterocycles. The first kappa shape index (κ1) is 17.2. The molecule has 2 N–H and O–H groups in total. The van der Waals surface area contributed by atoms with Gasteiger partial charge in [-0.25, -0.2) is 14.3 Å². The highest BCUT2D eigenvalue weighted by Gasteiger charge is 2.24. The molecule has 1 aliphatic rings. The monoisotopic (exact) mass is 345 g/mol. The van der Waals surface area contributed by atoms with E-state index in [-0.39, 0.29) is 12.4 Å². The summed E-state index contributed by atoms with van der Waals surface area (Å²) in [6.07, 6.45) is 1.20. The van der Waals surface area contributed by atoms with Crippen molar-refractivity contribution in [2.75, 3.05) is 18.5 Å². The van der Waals surface area contributed by atoms with Crippen LogP contribution in [0.25, 0.3) is 11.0 Å². The number of aryl methyl sites for hydroxylation is 1. The van der Waals surface area contributed by atoms with Crippen molar-refractivity contribution in [2.45, 2.75) is 39.9 Å². The van der Waals surface area contributed by atoms with E-state index in [0.29, 0.717) is 11.0 Å². The molecule has 0 saturated carbocycles. The average Bonchev–Trinajstić information content (AvgIpc) is 3.15. The van der Waals surface area contributed by atoms with Crippen LogP contribution in [0, 0.1) is 6.92 Å².